The fourth-order valence-electron chi connectivity index (χ4n) is 12.6. The van der Waals surface area contributed by atoms with Crippen molar-refractivity contribution in [2.24, 2.45) is 0 Å². The highest BCUT2D eigenvalue weighted by molar-refractivity contribution is 5.76. The molecule has 14 nitrogen and oxygen atoms in total. The monoisotopic (exact) mass is 1380 g/mol. The summed E-state index contributed by atoms with van der Waals surface area (Å²) in [7, 11) is 0. The Labute approximate surface area is 597 Å². The van der Waals surface area contributed by atoms with Crippen molar-refractivity contribution < 1.29 is 64.6 Å². The van der Waals surface area contributed by atoms with E-state index < -0.39 is 86.8 Å². The second-order valence-corrected chi connectivity index (χ2v) is 27.8. The maximum absolute atomic E-state index is 13.4. The van der Waals surface area contributed by atoms with Crippen molar-refractivity contribution in [1.82, 2.24) is 5.32 Å². The number of ether oxygens (including phenoxy) is 4. The second kappa shape index (κ2) is 66.9. The first-order valence-corrected chi connectivity index (χ1v) is 40.1. The molecule has 2 rings (SSSR count). The normalized spacial score (nSPS) is 22.6. The van der Waals surface area contributed by atoms with Crippen molar-refractivity contribution in [1.29, 1.82) is 0 Å². The third-order valence-electron chi connectivity index (χ3n) is 18.9. The summed E-state index contributed by atoms with van der Waals surface area (Å²) in [5.41, 5.74) is 0. The van der Waals surface area contributed by atoms with Crippen LogP contribution in [0.3, 0.4) is 0 Å². The molecule has 1 amide bonds. The molecule has 2 heterocycles. The van der Waals surface area contributed by atoms with E-state index in [0.29, 0.717) is 12.8 Å². The van der Waals surface area contributed by atoms with Gasteiger partial charge in [0, 0.05) is 6.42 Å². The fourth-order valence-corrected chi connectivity index (χ4v) is 12.6. The van der Waals surface area contributed by atoms with Gasteiger partial charge in [-0.2, -0.15) is 0 Å². The number of hydrogen-bond acceptors (Lipinski definition) is 13. The van der Waals surface area contributed by atoms with Crippen LogP contribution in [0.5, 0.6) is 0 Å². The summed E-state index contributed by atoms with van der Waals surface area (Å²) in [5, 5.41) is 87.7. The molecular weight excluding hydrogens is 1230 g/mol. The number of hydrogen-bond donors (Lipinski definition) is 9. The molecule has 0 saturated carbocycles. The quantitative estimate of drug-likeness (QED) is 0.0204. The summed E-state index contributed by atoms with van der Waals surface area (Å²) in [6.45, 7) is 2.70. The summed E-state index contributed by atoms with van der Waals surface area (Å²) in [6.07, 6.45) is 80.3. The minimum Gasteiger partial charge on any atom is -0.394 e. The molecule has 12 atom stereocenters. The minimum absolute atomic E-state index is 0.254. The van der Waals surface area contributed by atoms with Gasteiger partial charge in [0.1, 0.15) is 48.8 Å². The Kier molecular flexibility index (Phi) is 61.9. The number of allylic oxidation sites excluding steroid dienone is 17. The summed E-state index contributed by atoms with van der Waals surface area (Å²) < 4.78 is 22.9. The number of aliphatic hydroxyl groups is 8. The van der Waals surface area contributed by atoms with Crippen LogP contribution in [0.15, 0.2) is 109 Å². The van der Waals surface area contributed by atoms with E-state index in [1.807, 2.05) is 6.08 Å². The molecule has 0 spiro atoms. The Bertz CT molecular complexity index is 2070. The predicted molar refractivity (Wildman–Crippen MR) is 406 cm³/mol. The van der Waals surface area contributed by atoms with Crippen molar-refractivity contribution in [2.75, 3.05) is 19.8 Å². The lowest BCUT2D eigenvalue weighted by Crippen LogP contribution is -2.65. The Morgan fingerprint density at radius 3 is 1.12 bits per heavy atom. The fraction of sp³-hybridized carbons (Fsp3) is 0.774. The van der Waals surface area contributed by atoms with E-state index in [9.17, 15) is 45.6 Å². The van der Waals surface area contributed by atoms with Crippen LogP contribution in [0.2, 0.25) is 0 Å². The Morgan fingerprint density at radius 2 is 0.714 bits per heavy atom. The van der Waals surface area contributed by atoms with Gasteiger partial charge in [0.25, 0.3) is 0 Å². The smallest absolute Gasteiger partial charge is 0.220 e. The average Bonchev–Trinajstić information content (AvgIpc) is 0.793. The van der Waals surface area contributed by atoms with Crippen molar-refractivity contribution in [3.63, 3.8) is 0 Å². The maximum Gasteiger partial charge on any atom is 0.220 e. The first-order chi connectivity index (χ1) is 48.1. The van der Waals surface area contributed by atoms with E-state index in [0.717, 1.165) is 83.5 Å². The standard InChI is InChI=1S/C84H147NO13/c1-3-5-7-9-11-13-15-17-19-21-23-25-27-29-31-33-35-36-38-40-42-44-46-48-50-52-54-56-58-60-62-64-66-68-76(89)85-72(71-95-83-81(94)79(92)82(75(70-87)97-83)98-84-80(93)78(91)77(90)74(69-86)96-84)73(88)67-65-63-61-59-57-55-53-51-49-47-45-43-41-39-37-34-32-30-28-26-24-22-20-18-16-14-12-10-8-6-4-2/h5,7,11,13,17,19,23,25,29,31,35-36,49,51,57,59,65,67,72-75,77-84,86-88,90-94H,3-4,6,8-10,12,14-16,18,20-22,24,26-28,30,32-34,37-48,50,52-56,58,60-64,66,68-71H2,1-2H3,(H,85,89)/b7-5-,13-11-,19-17-,25-23-,31-29-,36-35-,51-49+,59-57+,67-65+. The molecule has 14 heteroatoms. The van der Waals surface area contributed by atoms with Gasteiger partial charge >= 0.3 is 0 Å². The second-order valence-electron chi connectivity index (χ2n) is 27.8. The van der Waals surface area contributed by atoms with E-state index in [1.165, 1.54) is 205 Å². The first kappa shape index (κ1) is 90.7. The van der Waals surface area contributed by atoms with Crippen LogP contribution in [0, 0.1) is 0 Å². The van der Waals surface area contributed by atoms with Gasteiger partial charge in [-0.15, -0.1) is 0 Å². The third-order valence-corrected chi connectivity index (χ3v) is 18.9. The largest absolute Gasteiger partial charge is 0.394 e. The molecule has 0 aliphatic carbocycles. The number of aliphatic hydroxyl groups excluding tert-OH is 8. The van der Waals surface area contributed by atoms with Gasteiger partial charge in [0.2, 0.25) is 5.91 Å². The van der Waals surface area contributed by atoms with E-state index in [-0.39, 0.29) is 18.9 Å². The zero-order chi connectivity index (χ0) is 70.8. The lowest BCUT2D eigenvalue weighted by molar-refractivity contribution is -0.359. The topological polar surface area (TPSA) is 228 Å². The molecule has 12 unspecified atom stereocenters. The number of unbranched alkanes of at least 4 members (excludes halogenated alkanes) is 37. The van der Waals surface area contributed by atoms with Crippen molar-refractivity contribution in [3.05, 3.63) is 109 Å². The molecule has 98 heavy (non-hydrogen) atoms. The first-order valence-electron chi connectivity index (χ1n) is 40.1. The van der Waals surface area contributed by atoms with Crippen molar-refractivity contribution in [3.8, 4) is 0 Å². The lowest BCUT2D eigenvalue weighted by Gasteiger charge is -2.46. The molecule has 0 aromatic heterocycles. The number of amides is 1. The van der Waals surface area contributed by atoms with Gasteiger partial charge in [-0.05, 0) is 96.3 Å². The van der Waals surface area contributed by atoms with E-state index in [2.05, 4.69) is 116 Å². The van der Waals surface area contributed by atoms with Gasteiger partial charge in [-0.1, -0.05) is 329 Å². The summed E-state index contributed by atoms with van der Waals surface area (Å²) in [4.78, 5) is 13.4. The Hall–Kier alpha value is -3.35. The zero-order valence-corrected chi connectivity index (χ0v) is 62.0. The summed E-state index contributed by atoms with van der Waals surface area (Å²) in [5.74, 6) is -0.254. The lowest BCUT2D eigenvalue weighted by atomic mass is 9.97. The molecule has 2 fully saturated rings. The van der Waals surface area contributed by atoms with Crippen LogP contribution >= 0.6 is 0 Å². The van der Waals surface area contributed by atoms with E-state index in [1.54, 1.807) is 6.08 Å². The summed E-state index contributed by atoms with van der Waals surface area (Å²) >= 11 is 0. The van der Waals surface area contributed by atoms with Crippen LogP contribution in [0.1, 0.15) is 322 Å². The Morgan fingerprint density at radius 1 is 0.378 bits per heavy atom. The van der Waals surface area contributed by atoms with Gasteiger partial charge in [-0.25, -0.2) is 0 Å². The van der Waals surface area contributed by atoms with Crippen LogP contribution in [0.25, 0.3) is 0 Å². The van der Waals surface area contributed by atoms with Gasteiger partial charge in [0.15, 0.2) is 12.6 Å². The van der Waals surface area contributed by atoms with Gasteiger partial charge < -0.3 is 65.1 Å². The third kappa shape index (κ3) is 49.3. The molecule has 2 aliphatic heterocycles. The Balaban J connectivity index is 1.65. The molecule has 0 aromatic rings. The SMILES string of the molecule is CC/C=C\C/C=C\C/C=C\C/C=C\C/C=C\C/C=C\CCCCCCCCCCCCCCCCC(=O)NC(COC1OC(CO)C(OC2OC(CO)C(O)C(O)C2O)C(O)C1O)C(O)/C=C/CC/C=C/CC/C=C/CCCCCCCCCCCCCCCCCCCCCCC. The van der Waals surface area contributed by atoms with Gasteiger partial charge in [0.05, 0.1) is 32.0 Å². The number of rotatable bonds is 66. The molecule has 566 valence electrons. The van der Waals surface area contributed by atoms with E-state index in [4.69, 9.17) is 18.9 Å². The molecule has 0 bridgehead atoms. The van der Waals surface area contributed by atoms with E-state index >= 15 is 0 Å². The molecule has 2 aliphatic rings. The highest BCUT2D eigenvalue weighted by atomic mass is 16.7. The van der Waals surface area contributed by atoms with Crippen molar-refractivity contribution >= 4 is 5.91 Å². The highest BCUT2D eigenvalue weighted by Gasteiger charge is 2.51. The molecule has 0 radical (unpaired) electrons. The van der Waals surface area contributed by atoms with Crippen LogP contribution in [-0.4, -0.2) is 140 Å². The number of carbonyl (C=O) groups excluding carboxylic acids is 1. The number of nitrogens with one attached hydrogen (secondary N) is 1. The predicted octanol–water partition coefficient (Wildman–Crippen LogP) is 18.2. The summed E-state index contributed by atoms with van der Waals surface area (Å²) in [6, 6.07) is -0.947. The molecular formula is C84H147NO13. The minimum atomic E-state index is -1.80. The van der Waals surface area contributed by atoms with Crippen LogP contribution < -0.4 is 5.32 Å². The average molecular weight is 1380 g/mol. The number of carbonyl (C=O) groups is 1. The zero-order valence-electron chi connectivity index (χ0n) is 62.0. The molecule has 9 N–H and O–H groups in total. The highest BCUT2D eigenvalue weighted by Crippen LogP contribution is 2.30. The molecule has 0 aromatic carbocycles. The van der Waals surface area contributed by atoms with Gasteiger partial charge in [-0.3, -0.25) is 4.79 Å². The van der Waals surface area contributed by atoms with Crippen LogP contribution in [-0.2, 0) is 23.7 Å². The van der Waals surface area contributed by atoms with Crippen LogP contribution in [0.4, 0.5) is 0 Å². The maximum atomic E-state index is 13.4. The van der Waals surface area contributed by atoms with Crippen molar-refractivity contribution in [2.45, 2.75) is 396 Å². The molecule has 2 saturated heterocycles.